The fourth-order valence-electron chi connectivity index (χ4n) is 3.14. The number of nitrogens with zero attached hydrogens (tertiary/aromatic N) is 2. The van der Waals surface area contributed by atoms with Crippen LogP contribution in [0.25, 0.3) is 5.69 Å². The molecule has 0 spiro atoms. The van der Waals surface area contributed by atoms with Crippen molar-refractivity contribution in [3.63, 3.8) is 0 Å². The second kappa shape index (κ2) is 11.4. The minimum atomic E-state index is -0.0846. The maximum atomic E-state index is 12.5. The third kappa shape index (κ3) is 6.21. The molecule has 3 aromatic rings. The van der Waals surface area contributed by atoms with Crippen LogP contribution in [-0.4, -0.2) is 33.7 Å². The van der Waals surface area contributed by atoms with Crippen molar-refractivity contribution >= 4 is 29.3 Å². The van der Waals surface area contributed by atoms with E-state index in [-0.39, 0.29) is 17.6 Å². The van der Waals surface area contributed by atoms with E-state index in [1.54, 1.807) is 12.3 Å². The van der Waals surface area contributed by atoms with E-state index in [0.717, 1.165) is 36.2 Å². The molecule has 0 aliphatic heterocycles. The molecule has 1 aromatic heterocycles. The van der Waals surface area contributed by atoms with Gasteiger partial charge in [0, 0.05) is 35.9 Å². The second-order valence-electron chi connectivity index (χ2n) is 7.09. The third-order valence-corrected chi connectivity index (χ3v) is 5.78. The first-order valence-corrected chi connectivity index (χ1v) is 11.5. The molecule has 0 saturated carbocycles. The molecule has 0 radical (unpaired) electrons. The molecule has 2 amide bonds. The molecule has 0 fully saturated rings. The van der Waals surface area contributed by atoms with Gasteiger partial charge in [-0.25, -0.2) is 4.98 Å². The summed E-state index contributed by atoms with van der Waals surface area (Å²) in [6, 6.07) is 15.2. The number of aromatic nitrogens is 2. The first-order valence-electron chi connectivity index (χ1n) is 10.5. The van der Waals surface area contributed by atoms with Gasteiger partial charge in [-0.15, -0.1) is 0 Å². The van der Waals surface area contributed by atoms with Crippen LogP contribution in [0.4, 0.5) is 5.69 Å². The van der Waals surface area contributed by atoms with Gasteiger partial charge in [-0.2, -0.15) is 0 Å². The van der Waals surface area contributed by atoms with E-state index in [1.165, 1.54) is 11.8 Å². The number of nitrogens with one attached hydrogen (secondary N) is 2. The molecular weight excluding hydrogens is 408 g/mol. The highest BCUT2D eigenvalue weighted by Gasteiger charge is 2.12. The van der Waals surface area contributed by atoms with E-state index in [0.29, 0.717) is 17.3 Å². The molecule has 31 heavy (non-hydrogen) atoms. The summed E-state index contributed by atoms with van der Waals surface area (Å²) in [7, 11) is 0. The molecular formula is C24H28N4O2S. The zero-order valence-corrected chi connectivity index (χ0v) is 18.7. The van der Waals surface area contributed by atoms with Crippen molar-refractivity contribution in [2.24, 2.45) is 0 Å². The lowest BCUT2D eigenvalue weighted by Crippen LogP contribution is -2.24. The Morgan fingerprint density at radius 1 is 1.10 bits per heavy atom. The number of aryl methyl sites for hydroxylation is 1. The Kier molecular flexibility index (Phi) is 8.29. The van der Waals surface area contributed by atoms with Crippen LogP contribution in [0.5, 0.6) is 0 Å². The van der Waals surface area contributed by atoms with Crippen LogP contribution in [0, 0.1) is 0 Å². The van der Waals surface area contributed by atoms with E-state index in [1.807, 2.05) is 53.2 Å². The number of hydrogen-bond donors (Lipinski definition) is 2. The normalized spacial score (nSPS) is 10.6. The van der Waals surface area contributed by atoms with Crippen LogP contribution >= 0.6 is 11.8 Å². The molecule has 0 unspecified atom stereocenters. The second-order valence-corrected chi connectivity index (χ2v) is 8.03. The molecule has 0 aliphatic rings. The lowest BCUT2D eigenvalue weighted by atomic mass is 10.1. The number of hydrogen-bond acceptors (Lipinski definition) is 4. The molecule has 6 nitrogen and oxygen atoms in total. The number of carbonyl (C=O) groups is 2. The summed E-state index contributed by atoms with van der Waals surface area (Å²) < 4.78 is 1.89. The topological polar surface area (TPSA) is 76.0 Å². The number of anilines is 1. The van der Waals surface area contributed by atoms with Gasteiger partial charge in [0.05, 0.1) is 5.75 Å². The Morgan fingerprint density at radius 2 is 1.94 bits per heavy atom. The van der Waals surface area contributed by atoms with Gasteiger partial charge in [0.2, 0.25) is 5.91 Å². The number of thioether (sulfide) groups is 1. The largest absolute Gasteiger partial charge is 0.352 e. The van der Waals surface area contributed by atoms with Crippen molar-refractivity contribution in [2.45, 2.75) is 38.3 Å². The summed E-state index contributed by atoms with van der Waals surface area (Å²) in [5.74, 6) is 0.0785. The van der Waals surface area contributed by atoms with Crippen molar-refractivity contribution in [3.8, 4) is 5.69 Å². The standard InChI is InChI=1S/C24H28N4O2S/c1-3-5-13-25-23(30)19-10-8-11-20(16-19)28-15-14-26-24(28)31-17-22(29)27-21-12-7-6-9-18(21)4-2/h6-12,14-16H,3-5,13,17H2,1-2H3,(H,25,30)(H,27,29). The van der Waals surface area contributed by atoms with Crippen LogP contribution < -0.4 is 10.6 Å². The summed E-state index contributed by atoms with van der Waals surface area (Å²) in [6.45, 7) is 4.82. The van der Waals surface area contributed by atoms with Gasteiger partial charge < -0.3 is 10.6 Å². The van der Waals surface area contributed by atoms with Crippen molar-refractivity contribution in [1.82, 2.24) is 14.9 Å². The van der Waals surface area contributed by atoms with Gasteiger partial charge in [-0.3, -0.25) is 14.2 Å². The predicted octanol–water partition coefficient (Wildman–Crippen LogP) is 4.70. The van der Waals surface area contributed by atoms with Crippen molar-refractivity contribution < 1.29 is 9.59 Å². The van der Waals surface area contributed by atoms with Crippen molar-refractivity contribution in [1.29, 1.82) is 0 Å². The SMILES string of the molecule is CCCCNC(=O)c1cccc(-n2ccnc2SCC(=O)Nc2ccccc2CC)c1. The number of imidazole rings is 1. The van der Waals surface area contributed by atoms with E-state index in [4.69, 9.17) is 0 Å². The Hall–Kier alpha value is -3.06. The Morgan fingerprint density at radius 3 is 2.74 bits per heavy atom. The number of benzene rings is 2. The summed E-state index contributed by atoms with van der Waals surface area (Å²) in [5, 5.41) is 6.62. The highest BCUT2D eigenvalue weighted by Crippen LogP contribution is 2.22. The maximum absolute atomic E-state index is 12.5. The Labute approximate surface area is 187 Å². The zero-order chi connectivity index (χ0) is 22.1. The molecule has 0 saturated heterocycles. The van der Waals surface area contributed by atoms with Crippen molar-refractivity contribution in [2.75, 3.05) is 17.6 Å². The minimum absolute atomic E-state index is 0.0792. The number of unbranched alkanes of at least 4 members (excludes halogenated alkanes) is 1. The zero-order valence-electron chi connectivity index (χ0n) is 17.9. The van der Waals surface area contributed by atoms with Crippen LogP contribution in [0.15, 0.2) is 66.1 Å². The smallest absolute Gasteiger partial charge is 0.251 e. The lowest BCUT2D eigenvalue weighted by molar-refractivity contribution is -0.113. The summed E-state index contributed by atoms with van der Waals surface area (Å²) in [5.41, 5.74) is 3.39. The molecule has 0 bridgehead atoms. The maximum Gasteiger partial charge on any atom is 0.251 e. The average Bonchev–Trinajstić information content (AvgIpc) is 3.27. The van der Waals surface area contributed by atoms with Gasteiger partial charge in [0.1, 0.15) is 0 Å². The van der Waals surface area contributed by atoms with Gasteiger partial charge in [0.25, 0.3) is 5.91 Å². The number of rotatable bonds is 10. The minimum Gasteiger partial charge on any atom is -0.352 e. The monoisotopic (exact) mass is 436 g/mol. The molecule has 0 aliphatic carbocycles. The summed E-state index contributed by atoms with van der Waals surface area (Å²) in [6.07, 6.45) is 6.38. The van der Waals surface area contributed by atoms with Crippen molar-refractivity contribution in [3.05, 3.63) is 72.1 Å². The molecule has 162 valence electrons. The van der Waals surface area contributed by atoms with Crippen LogP contribution in [0.2, 0.25) is 0 Å². The molecule has 1 heterocycles. The van der Waals surface area contributed by atoms with Crippen LogP contribution in [-0.2, 0) is 11.2 Å². The summed E-state index contributed by atoms with van der Waals surface area (Å²) in [4.78, 5) is 29.2. The lowest BCUT2D eigenvalue weighted by Gasteiger charge is -2.11. The number of carbonyl (C=O) groups excluding carboxylic acids is 2. The van der Waals surface area contributed by atoms with Gasteiger partial charge in [0.15, 0.2) is 5.16 Å². The fourth-order valence-corrected chi connectivity index (χ4v) is 3.91. The molecule has 2 N–H and O–H groups in total. The highest BCUT2D eigenvalue weighted by molar-refractivity contribution is 7.99. The van der Waals surface area contributed by atoms with E-state index >= 15 is 0 Å². The van der Waals surface area contributed by atoms with Crippen LogP contribution in [0.3, 0.4) is 0 Å². The van der Waals surface area contributed by atoms with Gasteiger partial charge >= 0.3 is 0 Å². The third-order valence-electron chi connectivity index (χ3n) is 4.81. The van der Waals surface area contributed by atoms with E-state index in [9.17, 15) is 9.59 Å². The molecule has 7 heteroatoms. The molecule has 0 atom stereocenters. The highest BCUT2D eigenvalue weighted by atomic mass is 32.2. The first-order chi connectivity index (χ1) is 15.1. The Bertz CT molecular complexity index is 1030. The van der Waals surface area contributed by atoms with Crippen LogP contribution in [0.1, 0.15) is 42.6 Å². The van der Waals surface area contributed by atoms with Gasteiger partial charge in [-0.05, 0) is 42.7 Å². The number of para-hydroxylation sites is 1. The quantitative estimate of drug-likeness (QED) is 0.357. The molecule has 2 aromatic carbocycles. The first kappa shape index (κ1) is 22.6. The molecule has 3 rings (SSSR count). The Balaban J connectivity index is 1.65. The summed E-state index contributed by atoms with van der Waals surface area (Å²) >= 11 is 1.36. The predicted molar refractivity (Wildman–Crippen MR) is 126 cm³/mol. The number of amides is 2. The van der Waals surface area contributed by atoms with Gasteiger partial charge in [-0.1, -0.05) is 56.3 Å². The fraction of sp³-hybridized carbons (Fsp3) is 0.292. The average molecular weight is 437 g/mol. The van der Waals surface area contributed by atoms with E-state index in [2.05, 4.69) is 29.5 Å². The van der Waals surface area contributed by atoms with E-state index < -0.39 is 0 Å².